The van der Waals surface area contributed by atoms with Crippen LogP contribution in [0.3, 0.4) is 0 Å². The standard InChI is InChI=1S/C12H22N2O/c1-12(2)6-8-14(9-12)11(15)10-5-3-4-7-13-10/h10,13H,3-9H2,1-2H3/t10-/m1/s1. The predicted molar refractivity (Wildman–Crippen MR) is 60.6 cm³/mol. The van der Waals surface area contributed by atoms with E-state index in [2.05, 4.69) is 19.2 Å². The Morgan fingerprint density at radius 3 is 2.73 bits per heavy atom. The van der Waals surface area contributed by atoms with Gasteiger partial charge < -0.3 is 10.2 Å². The van der Waals surface area contributed by atoms with E-state index in [9.17, 15) is 4.79 Å². The fraction of sp³-hybridized carbons (Fsp3) is 0.917. The average molecular weight is 210 g/mol. The molecule has 0 aromatic heterocycles. The number of hydrogen-bond acceptors (Lipinski definition) is 2. The number of nitrogens with one attached hydrogen (secondary N) is 1. The van der Waals surface area contributed by atoms with Crippen molar-refractivity contribution in [2.45, 2.75) is 45.6 Å². The van der Waals surface area contributed by atoms with Gasteiger partial charge in [0.05, 0.1) is 6.04 Å². The van der Waals surface area contributed by atoms with E-state index in [1.165, 1.54) is 12.8 Å². The van der Waals surface area contributed by atoms with Crippen molar-refractivity contribution in [3.8, 4) is 0 Å². The monoisotopic (exact) mass is 210 g/mol. The van der Waals surface area contributed by atoms with Crippen LogP contribution in [0.1, 0.15) is 39.5 Å². The zero-order valence-electron chi connectivity index (χ0n) is 9.88. The first-order valence-electron chi connectivity index (χ1n) is 6.11. The highest BCUT2D eigenvalue weighted by Gasteiger charge is 2.35. The third-order valence-corrected chi connectivity index (χ3v) is 3.60. The van der Waals surface area contributed by atoms with Gasteiger partial charge >= 0.3 is 0 Å². The molecule has 3 heteroatoms. The number of nitrogens with zero attached hydrogens (tertiary/aromatic N) is 1. The Labute approximate surface area is 92.2 Å². The number of amides is 1. The van der Waals surface area contributed by atoms with Crippen LogP contribution in [0.4, 0.5) is 0 Å². The number of carbonyl (C=O) groups is 1. The van der Waals surface area contributed by atoms with Crippen molar-refractivity contribution in [3.05, 3.63) is 0 Å². The summed E-state index contributed by atoms with van der Waals surface area (Å²) >= 11 is 0. The molecule has 2 saturated heterocycles. The molecular weight excluding hydrogens is 188 g/mol. The van der Waals surface area contributed by atoms with Gasteiger partial charge in [-0.25, -0.2) is 0 Å². The van der Waals surface area contributed by atoms with Crippen LogP contribution in [0, 0.1) is 5.41 Å². The van der Waals surface area contributed by atoms with E-state index in [4.69, 9.17) is 0 Å². The summed E-state index contributed by atoms with van der Waals surface area (Å²) < 4.78 is 0. The highest BCUT2D eigenvalue weighted by molar-refractivity contribution is 5.82. The third-order valence-electron chi connectivity index (χ3n) is 3.60. The van der Waals surface area contributed by atoms with Crippen LogP contribution in [-0.2, 0) is 4.79 Å². The molecule has 0 unspecified atom stereocenters. The van der Waals surface area contributed by atoms with Crippen molar-refractivity contribution in [1.29, 1.82) is 0 Å². The van der Waals surface area contributed by atoms with E-state index in [1.54, 1.807) is 0 Å². The Balaban J connectivity index is 1.90. The maximum absolute atomic E-state index is 12.2. The number of hydrogen-bond donors (Lipinski definition) is 1. The quantitative estimate of drug-likeness (QED) is 0.709. The molecule has 0 spiro atoms. The Bertz CT molecular complexity index is 244. The third kappa shape index (κ3) is 2.51. The number of rotatable bonds is 1. The SMILES string of the molecule is CC1(C)CCN(C(=O)[C@H]2CCCCN2)C1. The second kappa shape index (κ2) is 4.12. The molecule has 1 amide bonds. The molecule has 3 nitrogen and oxygen atoms in total. The van der Waals surface area contributed by atoms with Gasteiger partial charge in [-0.2, -0.15) is 0 Å². The molecule has 0 bridgehead atoms. The minimum Gasteiger partial charge on any atom is -0.341 e. The number of piperidine rings is 1. The summed E-state index contributed by atoms with van der Waals surface area (Å²) in [5.41, 5.74) is 0.324. The average Bonchev–Trinajstić information content (AvgIpc) is 2.59. The summed E-state index contributed by atoms with van der Waals surface area (Å²) in [5, 5.41) is 3.33. The van der Waals surface area contributed by atoms with Gasteiger partial charge in [-0.15, -0.1) is 0 Å². The van der Waals surface area contributed by atoms with Gasteiger partial charge in [0.1, 0.15) is 0 Å². The number of carbonyl (C=O) groups excluding carboxylic acids is 1. The summed E-state index contributed by atoms with van der Waals surface area (Å²) in [4.78, 5) is 14.2. The fourth-order valence-electron chi connectivity index (χ4n) is 2.58. The Morgan fingerprint density at radius 1 is 1.40 bits per heavy atom. The van der Waals surface area contributed by atoms with Crippen LogP contribution in [0.5, 0.6) is 0 Å². The molecule has 0 radical (unpaired) electrons. The van der Waals surface area contributed by atoms with Crippen LogP contribution >= 0.6 is 0 Å². The minimum atomic E-state index is 0.104. The van der Waals surface area contributed by atoms with Crippen molar-refractivity contribution in [2.75, 3.05) is 19.6 Å². The summed E-state index contributed by atoms with van der Waals surface area (Å²) in [6.07, 6.45) is 4.58. The second-order valence-electron chi connectivity index (χ2n) is 5.68. The van der Waals surface area contributed by atoms with Gasteiger partial charge in [0.15, 0.2) is 0 Å². The largest absolute Gasteiger partial charge is 0.341 e. The van der Waals surface area contributed by atoms with Crippen molar-refractivity contribution >= 4 is 5.91 Å². The van der Waals surface area contributed by atoms with Gasteiger partial charge in [-0.3, -0.25) is 4.79 Å². The molecule has 2 aliphatic rings. The Hall–Kier alpha value is -0.570. The van der Waals surface area contributed by atoms with E-state index in [1.807, 2.05) is 4.90 Å². The second-order valence-corrected chi connectivity index (χ2v) is 5.68. The van der Waals surface area contributed by atoms with Crippen molar-refractivity contribution in [1.82, 2.24) is 10.2 Å². The highest BCUT2D eigenvalue weighted by atomic mass is 16.2. The van der Waals surface area contributed by atoms with E-state index in [0.717, 1.165) is 32.5 Å². The van der Waals surface area contributed by atoms with Crippen LogP contribution in [0.2, 0.25) is 0 Å². The van der Waals surface area contributed by atoms with Gasteiger partial charge in [-0.1, -0.05) is 20.3 Å². The topological polar surface area (TPSA) is 32.3 Å². The van der Waals surface area contributed by atoms with E-state index in [0.29, 0.717) is 11.3 Å². The molecule has 15 heavy (non-hydrogen) atoms. The molecule has 0 aliphatic carbocycles. The van der Waals surface area contributed by atoms with Gasteiger partial charge in [0.25, 0.3) is 0 Å². The molecule has 2 heterocycles. The van der Waals surface area contributed by atoms with Gasteiger partial charge in [0, 0.05) is 13.1 Å². The molecule has 2 rings (SSSR count). The zero-order chi connectivity index (χ0) is 10.9. The molecule has 1 atom stereocenters. The lowest BCUT2D eigenvalue weighted by molar-refractivity contribution is -0.133. The summed E-state index contributed by atoms with van der Waals surface area (Å²) in [7, 11) is 0. The maximum atomic E-state index is 12.2. The molecular formula is C12H22N2O. The predicted octanol–water partition coefficient (Wildman–Crippen LogP) is 1.39. The van der Waals surface area contributed by atoms with E-state index in [-0.39, 0.29) is 6.04 Å². The lowest BCUT2D eigenvalue weighted by Crippen LogP contribution is -2.48. The van der Waals surface area contributed by atoms with Crippen molar-refractivity contribution in [3.63, 3.8) is 0 Å². The molecule has 0 aromatic carbocycles. The first-order valence-corrected chi connectivity index (χ1v) is 6.11. The lowest BCUT2D eigenvalue weighted by atomic mass is 9.93. The van der Waals surface area contributed by atoms with Crippen molar-refractivity contribution < 1.29 is 4.79 Å². The van der Waals surface area contributed by atoms with Crippen molar-refractivity contribution in [2.24, 2.45) is 5.41 Å². The first kappa shape index (κ1) is 10.9. The molecule has 0 aromatic rings. The maximum Gasteiger partial charge on any atom is 0.239 e. The minimum absolute atomic E-state index is 0.104. The Morgan fingerprint density at radius 2 is 2.20 bits per heavy atom. The molecule has 1 N–H and O–H groups in total. The van der Waals surface area contributed by atoms with Crippen LogP contribution < -0.4 is 5.32 Å². The smallest absolute Gasteiger partial charge is 0.239 e. The van der Waals surface area contributed by atoms with E-state index >= 15 is 0 Å². The number of likely N-dealkylation sites (tertiary alicyclic amines) is 1. The van der Waals surface area contributed by atoms with Crippen LogP contribution in [-0.4, -0.2) is 36.5 Å². The lowest BCUT2D eigenvalue weighted by Gasteiger charge is -2.28. The first-order chi connectivity index (χ1) is 7.08. The molecule has 2 aliphatic heterocycles. The zero-order valence-corrected chi connectivity index (χ0v) is 9.88. The summed E-state index contributed by atoms with van der Waals surface area (Å²) in [6, 6.07) is 0.104. The normalized spacial score (nSPS) is 30.5. The van der Waals surface area contributed by atoms with Crippen LogP contribution in [0.15, 0.2) is 0 Å². The Kier molecular flexibility index (Phi) is 3.01. The molecule has 0 saturated carbocycles. The molecule has 86 valence electrons. The van der Waals surface area contributed by atoms with E-state index < -0.39 is 0 Å². The van der Waals surface area contributed by atoms with Gasteiger partial charge in [-0.05, 0) is 31.2 Å². The molecule has 2 fully saturated rings. The fourth-order valence-corrected chi connectivity index (χ4v) is 2.58. The summed E-state index contributed by atoms with van der Waals surface area (Å²) in [6.45, 7) is 7.38. The highest BCUT2D eigenvalue weighted by Crippen LogP contribution is 2.29. The van der Waals surface area contributed by atoms with Crippen LogP contribution in [0.25, 0.3) is 0 Å². The summed E-state index contributed by atoms with van der Waals surface area (Å²) in [5.74, 6) is 0.334. The van der Waals surface area contributed by atoms with Gasteiger partial charge in [0.2, 0.25) is 5.91 Å².